The van der Waals surface area contributed by atoms with Crippen molar-refractivity contribution in [3.8, 4) is 12.3 Å². The molecule has 1 fully saturated rings. The molecule has 0 bridgehead atoms. The van der Waals surface area contributed by atoms with Crippen LogP contribution in [-0.2, 0) is 25.1 Å². The third-order valence-electron chi connectivity index (χ3n) is 5.41. The van der Waals surface area contributed by atoms with E-state index in [-0.39, 0.29) is 24.9 Å². The van der Waals surface area contributed by atoms with Crippen molar-refractivity contribution in [3.05, 3.63) is 32.6 Å². The third-order valence-corrected chi connectivity index (χ3v) is 5.64. The van der Waals surface area contributed by atoms with Gasteiger partial charge in [-0.15, -0.1) is 6.42 Å². The number of aromatic amines is 1. The van der Waals surface area contributed by atoms with Gasteiger partial charge in [-0.2, -0.15) is 13.2 Å². The first kappa shape index (κ1) is 28.8. The lowest BCUT2D eigenvalue weighted by atomic mass is 10.2. The molecule has 1 saturated heterocycles. The molecule has 1 aliphatic rings. The lowest BCUT2D eigenvalue weighted by molar-refractivity contribution is -0.139. The fourth-order valence-electron chi connectivity index (χ4n) is 3.79. The van der Waals surface area contributed by atoms with Crippen LogP contribution < -0.4 is 11.2 Å². The van der Waals surface area contributed by atoms with E-state index in [1.165, 1.54) is 0 Å². The van der Waals surface area contributed by atoms with Gasteiger partial charge in [0.25, 0.3) is 5.56 Å². The number of hydrogen-bond donors (Lipinski definition) is 1. The second-order valence-corrected chi connectivity index (χ2v) is 8.79. The number of halogens is 3. The number of nitrogens with zero attached hydrogens (tertiary/aromatic N) is 2. The smallest absolute Gasteiger partial charge is 0.423 e. The highest BCUT2D eigenvalue weighted by atomic mass is 32.1. The van der Waals surface area contributed by atoms with Crippen LogP contribution in [0.15, 0.2) is 15.8 Å². The van der Waals surface area contributed by atoms with Crippen molar-refractivity contribution in [3.63, 3.8) is 0 Å². The number of ether oxygens (including phenoxy) is 4. The molecule has 35 heavy (non-hydrogen) atoms. The highest BCUT2D eigenvalue weighted by Crippen LogP contribution is 2.32. The van der Waals surface area contributed by atoms with Crippen LogP contribution in [0.2, 0.25) is 0 Å². The van der Waals surface area contributed by atoms with Gasteiger partial charge in [-0.3, -0.25) is 19.2 Å². The molecule has 9 nitrogen and oxygen atoms in total. The SMILES string of the molecule is C#CCO[C@H]1C[C@H](n2cc(C(F)(F)F)c(=O)[nH]c2=O)O[C@@H]1COC(=S)OCCN(C(C)C)C(C)C. The standard InChI is InChI=1S/C22H30F3N3O6S/c1-6-8-31-16-10-18(28-11-15(22(23,24)25)19(29)26-20(28)30)34-17(16)12-33-21(35)32-9-7-27(13(2)3)14(4)5/h1,11,13-14,16-18H,7-10,12H2,2-5H3,(H,26,29,30)/t16-,17+,18+/m0/s1. The molecular weight excluding hydrogens is 491 g/mol. The highest BCUT2D eigenvalue weighted by molar-refractivity contribution is 7.79. The van der Waals surface area contributed by atoms with E-state index in [0.717, 1.165) is 0 Å². The van der Waals surface area contributed by atoms with Crippen LogP contribution in [0.1, 0.15) is 45.9 Å². The minimum atomic E-state index is -4.95. The summed E-state index contributed by atoms with van der Waals surface area (Å²) in [5.74, 6) is 2.30. The Morgan fingerprint density at radius 3 is 2.54 bits per heavy atom. The number of nitrogens with one attached hydrogen (secondary N) is 1. The Hall–Kier alpha value is -2.40. The topological polar surface area (TPSA) is 95.0 Å². The Morgan fingerprint density at radius 1 is 1.31 bits per heavy atom. The maximum atomic E-state index is 13.1. The molecular formula is C22H30F3N3O6S. The summed E-state index contributed by atoms with van der Waals surface area (Å²) in [5, 5.41) is -0.124. The highest BCUT2D eigenvalue weighted by Gasteiger charge is 2.40. The van der Waals surface area contributed by atoms with E-state index in [2.05, 4.69) is 38.5 Å². The van der Waals surface area contributed by atoms with Gasteiger partial charge in [-0.05, 0) is 27.7 Å². The van der Waals surface area contributed by atoms with Gasteiger partial charge in [0, 0.05) is 43.5 Å². The molecule has 196 valence electrons. The number of thiocarbonyl (C=S) groups is 1. The molecule has 0 amide bonds. The molecule has 2 rings (SSSR count). The van der Waals surface area contributed by atoms with E-state index < -0.39 is 41.4 Å². The second kappa shape index (κ2) is 12.5. The van der Waals surface area contributed by atoms with E-state index in [0.29, 0.717) is 36.0 Å². The van der Waals surface area contributed by atoms with Gasteiger partial charge in [0.05, 0.1) is 6.10 Å². The number of rotatable bonds is 10. The van der Waals surface area contributed by atoms with Crippen LogP contribution in [0.3, 0.4) is 0 Å². The number of alkyl halides is 3. The Bertz CT molecular complexity index is 1010. The van der Waals surface area contributed by atoms with Crippen LogP contribution in [0.5, 0.6) is 0 Å². The number of hydrogen-bond acceptors (Lipinski definition) is 8. The molecule has 0 saturated carbocycles. The summed E-state index contributed by atoms with van der Waals surface area (Å²) in [5.41, 5.74) is -4.11. The predicted octanol–water partition coefficient (Wildman–Crippen LogP) is 2.30. The van der Waals surface area contributed by atoms with E-state index in [1.807, 2.05) is 0 Å². The fraction of sp³-hybridized carbons (Fsp3) is 0.682. The molecule has 1 aliphatic heterocycles. The summed E-state index contributed by atoms with van der Waals surface area (Å²) in [6.45, 7) is 8.99. The van der Waals surface area contributed by atoms with Crippen LogP contribution in [-0.4, -0.2) is 70.3 Å². The average molecular weight is 522 g/mol. The van der Waals surface area contributed by atoms with Crippen LogP contribution in [0, 0.1) is 12.3 Å². The fourth-order valence-corrected chi connectivity index (χ4v) is 3.94. The lowest BCUT2D eigenvalue weighted by Crippen LogP contribution is -2.39. The van der Waals surface area contributed by atoms with Crippen molar-refractivity contribution in [1.82, 2.24) is 14.5 Å². The molecule has 3 atom stereocenters. The molecule has 13 heteroatoms. The Kier molecular flexibility index (Phi) is 10.3. The largest absolute Gasteiger partial charge is 0.456 e. The monoisotopic (exact) mass is 521 g/mol. The summed E-state index contributed by atoms with van der Waals surface area (Å²) < 4.78 is 62.3. The van der Waals surface area contributed by atoms with Gasteiger partial charge in [-0.25, -0.2) is 4.79 Å². The first-order chi connectivity index (χ1) is 16.3. The zero-order valence-corrected chi connectivity index (χ0v) is 20.8. The molecule has 0 radical (unpaired) electrons. The zero-order valence-electron chi connectivity index (χ0n) is 20.0. The van der Waals surface area contributed by atoms with Crippen molar-refractivity contribution >= 4 is 17.5 Å². The molecule has 1 aromatic heterocycles. The molecule has 0 aromatic carbocycles. The van der Waals surface area contributed by atoms with Gasteiger partial charge in [0.15, 0.2) is 0 Å². The summed E-state index contributed by atoms with van der Waals surface area (Å²) >= 11 is 5.10. The minimum absolute atomic E-state index is 0.00961. The maximum absolute atomic E-state index is 13.1. The van der Waals surface area contributed by atoms with Crippen LogP contribution in [0.4, 0.5) is 13.2 Å². The number of H-pyrrole nitrogens is 1. The van der Waals surface area contributed by atoms with Crippen LogP contribution in [0.25, 0.3) is 0 Å². The second-order valence-electron chi connectivity index (χ2n) is 8.46. The van der Waals surface area contributed by atoms with E-state index >= 15 is 0 Å². The van der Waals surface area contributed by atoms with Gasteiger partial charge in [0.2, 0.25) is 0 Å². The summed E-state index contributed by atoms with van der Waals surface area (Å²) in [7, 11) is 0. The Balaban J connectivity index is 2.05. The maximum Gasteiger partial charge on any atom is 0.423 e. The van der Waals surface area contributed by atoms with Gasteiger partial charge in [-0.1, -0.05) is 5.92 Å². The predicted molar refractivity (Wildman–Crippen MR) is 125 cm³/mol. The average Bonchev–Trinajstić information content (AvgIpc) is 3.14. The molecule has 1 N–H and O–H groups in total. The summed E-state index contributed by atoms with van der Waals surface area (Å²) in [4.78, 5) is 27.6. The molecule has 1 aromatic rings. The van der Waals surface area contributed by atoms with Crippen LogP contribution >= 0.6 is 12.2 Å². The quantitative estimate of drug-likeness (QED) is 0.370. The number of terminal acetylenes is 1. The Labute approximate surface area is 206 Å². The number of aromatic nitrogens is 2. The summed E-state index contributed by atoms with van der Waals surface area (Å²) in [6.07, 6.45) is -1.97. The van der Waals surface area contributed by atoms with Crippen molar-refractivity contribution < 1.29 is 32.1 Å². The zero-order chi connectivity index (χ0) is 26.3. The molecule has 0 unspecified atom stereocenters. The van der Waals surface area contributed by atoms with E-state index in [1.54, 1.807) is 4.98 Å². The van der Waals surface area contributed by atoms with Gasteiger partial charge >= 0.3 is 17.1 Å². The van der Waals surface area contributed by atoms with Crippen molar-refractivity contribution in [2.24, 2.45) is 0 Å². The lowest BCUT2D eigenvalue weighted by Gasteiger charge is -2.30. The third kappa shape index (κ3) is 8.06. The van der Waals surface area contributed by atoms with Crippen molar-refractivity contribution in [2.45, 2.75) is 70.8 Å². The van der Waals surface area contributed by atoms with Crippen molar-refractivity contribution in [2.75, 3.05) is 26.4 Å². The molecule has 0 spiro atoms. The Morgan fingerprint density at radius 2 is 1.97 bits per heavy atom. The first-order valence-electron chi connectivity index (χ1n) is 11.0. The molecule has 2 heterocycles. The van der Waals surface area contributed by atoms with Crippen molar-refractivity contribution in [1.29, 1.82) is 0 Å². The minimum Gasteiger partial charge on any atom is -0.456 e. The van der Waals surface area contributed by atoms with Gasteiger partial charge in [0.1, 0.15) is 37.7 Å². The normalized spacial score (nSPS) is 20.4. The first-order valence-corrected chi connectivity index (χ1v) is 11.4. The summed E-state index contributed by atoms with van der Waals surface area (Å²) in [6, 6.07) is 0.639. The van der Waals surface area contributed by atoms with Gasteiger partial charge < -0.3 is 18.9 Å². The van der Waals surface area contributed by atoms with E-state index in [4.69, 9.17) is 37.6 Å². The molecule has 0 aliphatic carbocycles. The van der Waals surface area contributed by atoms with E-state index in [9.17, 15) is 22.8 Å².